The predicted octanol–water partition coefficient (Wildman–Crippen LogP) is 1.08. The molecule has 7 nitrogen and oxygen atoms in total. The summed E-state index contributed by atoms with van der Waals surface area (Å²) in [6.07, 6.45) is 3.11. The van der Waals surface area contributed by atoms with Crippen molar-refractivity contribution >= 4 is 17.6 Å². The molecule has 0 bridgehead atoms. The molecule has 1 aromatic rings. The smallest absolute Gasteiger partial charge is 0.322 e. The van der Waals surface area contributed by atoms with Crippen molar-refractivity contribution in [2.24, 2.45) is 11.7 Å². The van der Waals surface area contributed by atoms with Gasteiger partial charge in [0.25, 0.3) is 5.91 Å². The molecule has 7 heteroatoms. The lowest BCUT2D eigenvalue weighted by Crippen LogP contribution is -2.40. The number of benzene rings is 1. The molecule has 1 heterocycles. The first-order chi connectivity index (χ1) is 11.6. The molecule has 0 aromatic heterocycles. The minimum Gasteiger partial charge on any atom is -0.495 e. The maximum atomic E-state index is 12.6. The number of hydrogen-bond acceptors (Lipinski definition) is 4. The Hall–Kier alpha value is -2.28. The number of anilines is 1. The molecule has 4 N–H and O–H groups in total. The first-order valence-electron chi connectivity index (χ1n) is 8.38. The van der Waals surface area contributed by atoms with Crippen molar-refractivity contribution in [2.75, 3.05) is 31.6 Å². The van der Waals surface area contributed by atoms with E-state index in [-0.39, 0.29) is 18.0 Å². The highest BCUT2D eigenvalue weighted by atomic mass is 16.5. The van der Waals surface area contributed by atoms with E-state index in [9.17, 15) is 9.59 Å². The van der Waals surface area contributed by atoms with Gasteiger partial charge in [-0.25, -0.2) is 4.79 Å². The Kier molecular flexibility index (Phi) is 4.89. The third kappa shape index (κ3) is 3.17. The summed E-state index contributed by atoms with van der Waals surface area (Å²) in [7, 11) is 1.55. The molecular weight excluding hydrogens is 308 g/mol. The number of methoxy groups -OCH3 is 1. The summed E-state index contributed by atoms with van der Waals surface area (Å²) < 4.78 is 5.34. The Morgan fingerprint density at radius 3 is 2.96 bits per heavy atom. The van der Waals surface area contributed by atoms with Crippen LogP contribution >= 0.6 is 0 Å². The molecule has 2 atom stereocenters. The van der Waals surface area contributed by atoms with E-state index < -0.39 is 0 Å². The van der Waals surface area contributed by atoms with E-state index in [0.717, 1.165) is 19.3 Å². The number of nitrogens with two attached hydrogens (primary N) is 1. The molecule has 1 aromatic carbocycles. The van der Waals surface area contributed by atoms with Crippen LogP contribution < -0.4 is 26.0 Å². The fourth-order valence-corrected chi connectivity index (χ4v) is 3.50. The van der Waals surface area contributed by atoms with Crippen LogP contribution in [0.3, 0.4) is 0 Å². The number of nitrogens with zero attached hydrogens (tertiary/aromatic N) is 1. The normalized spacial score (nSPS) is 23.2. The second kappa shape index (κ2) is 7.09. The van der Waals surface area contributed by atoms with E-state index in [2.05, 4.69) is 10.6 Å². The number of nitrogens with one attached hydrogen (secondary N) is 2. The number of urea groups is 1. The Balaban J connectivity index is 1.80. The van der Waals surface area contributed by atoms with Gasteiger partial charge in [-0.15, -0.1) is 0 Å². The van der Waals surface area contributed by atoms with Crippen LogP contribution in [0.5, 0.6) is 5.75 Å². The average molecular weight is 332 g/mol. The van der Waals surface area contributed by atoms with Gasteiger partial charge in [0.15, 0.2) is 0 Å². The molecule has 0 radical (unpaired) electrons. The molecule has 1 saturated heterocycles. The molecule has 3 rings (SSSR count). The standard InChI is InChI=1S/C17H24N4O3/c1-24-15-6-5-11(9-14(15)21-8-7-19-17(21)23)16(22)20-13-4-2-3-12(13)10-18/h5-6,9,12-13H,2-4,7-8,10,18H2,1H3,(H,19,23)(H,20,22)/t12-,13+/m0/s1. The average Bonchev–Trinajstić information content (AvgIpc) is 3.22. The first-order valence-corrected chi connectivity index (χ1v) is 8.38. The van der Waals surface area contributed by atoms with Crippen molar-refractivity contribution in [1.29, 1.82) is 0 Å². The Morgan fingerprint density at radius 2 is 2.29 bits per heavy atom. The summed E-state index contributed by atoms with van der Waals surface area (Å²) in [4.78, 5) is 26.1. The number of hydrogen-bond donors (Lipinski definition) is 3. The van der Waals surface area contributed by atoms with Gasteiger partial charge >= 0.3 is 6.03 Å². The molecular formula is C17H24N4O3. The summed E-state index contributed by atoms with van der Waals surface area (Å²) in [5, 5.41) is 5.84. The zero-order valence-corrected chi connectivity index (χ0v) is 13.9. The highest BCUT2D eigenvalue weighted by Gasteiger charge is 2.29. The molecule has 1 aliphatic heterocycles. The predicted molar refractivity (Wildman–Crippen MR) is 91.4 cm³/mol. The highest BCUT2D eigenvalue weighted by molar-refractivity contribution is 6.00. The molecule has 0 spiro atoms. The van der Waals surface area contributed by atoms with Crippen LogP contribution in [0.15, 0.2) is 18.2 Å². The number of carbonyl (C=O) groups is 2. The molecule has 0 unspecified atom stereocenters. The molecule has 24 heavy (non-hydrogen) atoms. The highest BCUT2D eigenvalue weighted by Crippen LogP contribution is 2.31. The molecule has 3 amide bonds. The van der Waals surface area contributed by atoms with Crippen molar-refractivity contribution in [3.63, 3.8) is 0 Å². The topological polar surface area (TPSA) is 96.7 Å². The van der Waals surface area contributed by atoms with Crippen LogP contribution in [0.4, 0.5) is 10.5 Å². The lowest BCUT2D eigenvalue weighted by molar-refractivity contribution is 0.0928. The Bertz CT molecular complexity index is 634. The maximum Gasteiger partial charge on any atom is 0.322 e. The van der Waals surface area contributed by atoms with Gasteiger partial charge in [0.1, 0.15) is 5.75 Å². The van der Waals surface area contributed by atoms with Crippen molar-refractivity contribution in [2.45, 2.75) is 25.3 Å². The van der Waals surface area contributed by atoms with Gasteiger partial charge in [0.2, 0.25) is 0 Å². The number of ether oxygens (including phenoxy) is 1. The quantitative estimate of drug-likeness (QED) is 0.752. The lowest BCUT2D eigenvalue weighted by Gasteiger charge is -2.21. The minimum atomic E-state index is -0.176. The van der Waals surface area contributed by atoms with Gasteiger partial charge < -0.3 is 21.1 Å². The Morgan fingerprint density at radius 1 is 1.46 bits per heavy atom. The zero-order valence-electron chi connectivity index (χ0n) is 13.9. The van der Waals surface area contributed by atoms with Crippen LogP contribution in [-0.2, 0) is 0 Å². The van der Waals surface area contributed by atoms with Crippen LogP contribution in [0.2, 0.25) is 0 Å². The third-order valence-electron chi connectivity index (χ3n) is 4.87. The lowest BCUT2D eigenvalue weighted by atomic mass is 10.0. The van der Waals surface area contributed by atoms with Crippen molar-refractivity contribution < 1.29 is 14.3 Å². The summed E-state index contributed by atoms with van der Waals surface area (Å²) in [5.74, 6) is 0.782. The number of rotatable bonds is 5. The minimum absolute atomic E-state index is 0.128. The van der Waals surface area contributed by atoms with Gasteiger partial charge in [0.05, 0.1) is 12.8 Å². The van der Waals surface area contributed by atoms with E-state index in [1.54, 1.807) is 30.2 Å². The van der Waals surface area contributed by atoms with Crippen LogP contribution in [0.25, 0.3) is 0 Å². The van der Waals surface area contributed by atoms with Crippen molar-refractivity contribution in [3.8, 4) is 5.75 Å². The van der Waals surface area contributed by atoms with E-state index in [1.165, 1.54) is 0 Å². The van der Waals surface area contributed by atoms with Crippen LogP contribution in [0.1, 0.15) is 29.6 Å². The fourth-order valence-electron chi connectivity index (χ4n) is 3.50. The molecule has 1 aliphatic carbocycles. The van der Waals surface area contributed by atoms with Crippen molar-refractivity contribution in [3.05, 3.63) is 23.8 Å². The van der Waals surface area contributed by atoms with Gasteiger partial charge in [-0.3, -0.25) is 9.69 Å². The third-order valence-corrected chi connectivity index (χ3v) is 4.87. The van der Waals surface area contributed by atoms with Crippen molar-refractivity contribution in [1.82, 2.24) is 10.6 Å². The van der Waals surface area contributed by atoms with E-state index in [4.69, 9.17) is 10.5 Å². The number of carbonyl (C=O) groups excluding carboxylic acids is 2. The maximum absolute atomic E-state index is 12.6. The zero-order chi connectivity index (χ0) is 17.1. The second-order valence-corrected chi connectivity index (χ2v) is 6.28. The summed E-state index contributed by atoms with van der Waals surface area (Å²) in [5.41, 5.74) is 6.91. The fraction of sp³-hybridized carbons (Fsp3) is 0.529. The second-order valence-electron chi connectivity index (χ2n) is 6.28. The molecule has 1 saturated carbocycles. The first kappa shape index (κ1) is 16.6. The SMILES string of the molecule is COc1ccc(C(=O)N[C@@H]2CCC[C@H]2CN)cc1N1CCNC1=O. The molecule has 2 aliphatic rings. The monoisotopic (exact) mass is 332 g/mol. The Labute approximate surface area is 141 Å². The molecule has 2 fully saturated rings. The van der Waals surface area contributed by atoms with Gasteiger partial charge in [-0.05, 0) is 43.5 Å². The van der Waals surface area contributed by atoms with E-state index in [1.807, 2.05) is 0 Å². The van der Waals surface area contributed by atoms with Crippen LogP contribution in [-0.4, -0.2) is 44.7 Å². The van der Waals surface area contributed by atoms with Gasteiger partial charge in [0, 0.05) is 24.7 Å². The van der Waals surface area contributed by atoms with Gasteiger partial charge in [-0.1, -0.05) is 6.42 Å². The summed E-state index contributed by atoms with van der Waals surface area (Å²) >= 11 is 0. The largest absolute Gasteiger partial charge is 0.495 e. The van der Waals surface area contributed by atoms with E-state index in [0.29, 0.717) is 42.6 Å². The van der Waals surface area contributed by atoms with E-state index >= 15 is 0 Å². The summed E-state index contributed by atoms with van der Waals surface area (Å²) in [6.45, 7) is 1.73. The summed E-state index contributed by atoms with van der Waals surface area (Å²) in [6, 6.07) is 5.11. The molecule has 130 valence electrons. The number of amides is 3. The van der Waals surface area contributed by atoms with Gasteiger partial charge in [-0.2, -0.15) is 0 Å². The van der Waals surface area contributed by atoms with Crippen LogP contribution in [0, 0.1) is 5.92 Å².